The van der Waals surface area contributed by atoms with Crippen molar-refractivity contribution in [3.63, 3.8) is 0 Å². The Hall–Kier alpha value is -1.20. The fraction of sp³-hybridized carbons (Fsp3) is 0.143. The molecule has 0 atom stereocenters. The van der Waals surface area contributed by atoms with Gasteiger partial charge in [0, 0.05) is 12.2 Å². The molecule has 0 aliphatic rings. The number of aromatic hydroxyl groups is 1. The van der Waals surface area contributed by atoms with Crippen LogP contribution in [0.5, 0.6) is 11.5 Å². The first-order chi connectivity index (χ1) is 9.10. The van der Waals surface area contributed by atoms with Crippen molar-refractivity contribution in [3.8, 4) is 11.5 Å². The van der Waals surface area contributed by atoms with E-state index in [4.69, 9.17) is 4.74 Å². The molecule has 0 heterocycles. The Bertz CT molecular complexity index is 588. The van der Waals surface area contributed by atoms with Crippen LogP contribution in [0.4, 0.5) is 5.69 Å². The van der Waals surface area contributed by atoms with Crippen LogP contribution in [0.3, 0.4) is 0 Å². The van der Waals surface area contributed by atoms with E-state index < -0.39 is 0 Å². The second-order valence-electron chi connectivity index (χ2n) is 3.99. The van der Waals surface area contributed by atoms with Crippen molar-refractivity contribution < 1.29 is 9.84 Å². The lowest BCUT2D eigenvalue weighted by Crippen LogP contribution is -1.99. The average Bonchev–Trinajstić information content (AvgIpc) is 2.40. The third-order valence-electron chi connectivity index (χ3n) is 2.66. The summed E-state index contributed by atoms with van der Waals surface area (Å²) in [6, 6.07) is 11.3. The summed E-state index contributed by atoms with van der Waals surface area (Å²) in [5.41, 5.74) is 2.08. The quantitative estimate of drug-likeness (QED) is 0.810. The Labute approximate surface area is 128 Å². The van der Waals surface area contributed by atoms with Crippen molar-refractivity contribution in [2.45, 2.75) is 6.54 Å². The van der Waals surface area contributed by atoms with E-state index in [-0.39, 0.29) is 5.75 Å². The Balaban J connectivity index is 2.05. The van der Waals surface area contributed by atoms with E-state index in [0.29, 0.717) is 11.0 Å². The van der Waals surface area contributed by atoms with Crippen LogP contribution in [0.25, 0.3) is 0 Å². The lowest BCUT2D eigenvalue weighted by atomic mass is 10.2. The van der Waals surface area contributed by atoms with Crippen LogP contribution in [0.2, 0.25) is 0 Å². The standard InChI is InChI=1S/C14H13Br2NO2/c1-19-14-5-3-10(7-12(14)16)17-8-9-2-4-13(18)11(15)6-9/h2-7,17-18H,8H2,1H3. The van der Waals surface area contributed by atoms with Crippen molar-refractivity contribution in [2.24, 2.45) is 0 Å². The van der Waals surface area contributed by atoms with E-state index in [0.717, 1.165) is 21.5 Å². The zero-order valence-corrected chi connectivity index (χ0v) is 13.5. The summed E-state index contributed by atoms with van der Waals surface area (Å²) in [5, 5.41) is 12.7. The monoisotopic (exact) mass is 385 g/mol. The summed E-state index contributed by atoms with van der Waals surface area (Å²) >= 11 is 6.75. The molecule has 0 radical (unpaired) electrons. The average molecular weight is 387 g/mol. The SMILES string of the molecule is COc1ccc(NCc2ccc(O)c(Br)c2)cc1Br. The molecule has 0 aromatic heterocycles. The predicted octanol–water partition coefficient (Wildman–Crippen LogP) is 4.54. The summed E-state index contributed by atoms with van der Waals surface area (Å²) in [4.78, 5) is 0. The highest BCUT2D eigenvalue weighted by Crippen LogP contribution is 2.28. The van der Waals surface area contributed by atoms with Gasteiger partial charge in [-0.15, -0.1) is 0 Å². The molecule has 19 heavy (non-hydrogen) atoms. The van der Waals surface area contributed by atoms with Gasteiger partial charge in [-0.2, -0.15) is 0 Å². The molecule has 5 heteroatoms. The number of nitrogens with one attached hydrogen (secondary N) is 1. The minimum atomic E-state index is 0.246. The van der Waals surface area contributed by atoms with Crippen molar-refractivity contribution in [1.82, 2.24) is 0 Å². The number of phenolic OH excluding ortho intramolecular Hbond substituents is 1. The van der Waals surface area contributed by atoms with Gasteiger partial charge in [-0.25, -0.2) is 0 Å². The number of halogens is 2. The highest BCUT2D eigenvalue weighted by Gasteiger charge is 2.02. The van der Waals surface area contributed by atoms with Crippen molar-refractivity contribution in [1.29, 1.82) is 0 Å². The van der Waals surface area contributed by atoms with E-state index in [1.54, 1.807) is 13.2 Å². The van der Waals surface area contributed by atoms with Gasteiger partial charge >= 0.3 is 0 Å². The van der Waals surface area contributed by atoms with Crippen LogP contribution in [0.15, 0.2) is 45.3 Å². The van der Waals surface area contributed by atoms with Gasteiger partial charge in [0.15, 0.2) is 0 Å². The number of benzene rings is 2. The molecule has 2 N–H and O–H groups in total. The van der Waals surface area contributed by atoms with Gasteiger partial charge in [-0.05, 0) is 67.8 Å². The molecule has 0 aliphatic carbocycles. The van der Waals surface area contributed by atoms with Crippen LogP contribution in [0.1, 0.15) is 5.56 Å². The topological polar surface area (TPSA) is 41.5 Å². The number of rotatable bonds is 4. The van der Waals surface area contributed by atoms with E-state index >= 15 is 0 Å². The van der Waals surface area contributed by atoms with Crippen molar-refractivity contribution in [2.75, 3.05) is 12.4 Å². The molecule has 3 nitrogen and oxygen atoms in total. The molecule has 100 valence electrons. The van der Waals surface area contributed by atoms with Gasteiger partial charge in [0.05, 0.1) is 16.1 Å². The highest BCUT2D eigenvalue weighted by atomic mass is 79.9. The molecule has 0 fully saturated rings. The maximum absolute atomic E-state index is 9.44. The second-order valence-corrected chi connectivity index (χ2v) is 5.70. The number of phenols is 1. The van der Waals surface area contributed by atoms with E-state index in [9.17, 15) is 5.11 Å². The van der Waals surface area contributed by atoms with Gasteiger partial charge in [0.25, 0.3) is 0 Å². The van der Waals surface area contributed by atoms with E-state index in [1.165, 1.54) is 0 Å². The summed E-state index contributed by atoms with van der Waals surface area (Å²) in [6.07, 6.45) is 0. The molecule has 0 bridgehead atoms. The lowest BCUT2D eigenvalue weighted by molar-refractivity contribution is 0.412. The Kier molecular flexibility index (Phi) is 4.71. The van der Waals surface area contributed by atoms with Gasteiger partial charge in [-0.3, -0.25) is 0 Å². The van der Waals surface area contributed by atoms with Crippen LogP contribution in [-0.2, 0) is 6.54 Å². The molecular formula is C14H13Br2NO2. The van der Waals surface area contributed by atoms with E-state index in [2.05, 4.69) is 37.2 Å². The molecule has 0 saturated carbocycles. The maximum atomic E-state index is 9.44. The normalized spacial score (nSPS) is 10.3. The lowest BCUT2D eigenvalue weighted by Gasteiger charge is -2.10. The molecule has 0 amide bonds. The first-order valence-corrected chi connectivity index (χ1v) is 7.23. The first-order valence-electron chi connectivity index (χ1n) is 5.65. The van der Waals surface area contributed by atoms with Crippen LogP contribution in [-0.4, -0.2) is 12.2 Å². The van der Waals surface area contributed by atoms with Gasteiger partial charge in [-0.1, -0.05) is 6.07 Å². The molecule has 2 aromatic carbocycles. The van der Waals surface area contributed by atoms with Crippen LogP contribution < -0.4 is 10.1 Å². The Morgan fingerprint density at radius 1 is 1.11 bits per heavy atom. The molecule has 0 aliphatic heterocycles. The van der Waals surface area contributed by atoms with Gasteiger partial charge < -0.3 is 15.2 Å². The third-order valence-corrected chi connectivity index (χ3v) is 3.92. The molecular weight excluding hydrogens is 374 g/mol. The molecule has 0 unspecified atom stereocenters. The van der Waals surface area contributed by atoms with Gasteiger partial charge in [0.1, 0.15) is 11.5 Å². The summed E-state index contributed by atoms with van der Waals surface area (Å²) in [5.74, 6) is 1.05. The van der Waals surface area contributed by atoms with Gasteiger partial charge in [0.2, 0.25) is 0 Å². The summed E-state index contributed by atoms with van der Waals surface area (Å²) < 4.78 is 6.79. The zero-order valence-electron chi connectivity index (χ0n) is 10.3. The Morgan fingerprint density at radius 2 is 1.89 bits per heavy atom. The first kappa shape index (κ1) is 14.2. The fourth-order valence-corrected chi connectivity index (χ4v) is 2.61. The molecule has 2 rings (SSSR count). The zero-order chi connectivity index (χ0) is 13.8. The largest absolute Gasteiger partial charge is 0.507 e. The van der Waals surface area contributed by atoms with Crippen molar-refractivity contribution >= 4 is 37.5 Å². The number of anilines is 1. The fourth-order valence-electron chi connectivity index (χ4n) is 1.64. The van der Waals surface area contributed by atoms with E-state index in [1.807, 2.05) is 30.3 Å². The van der Waals surface area contributed by atoms with Crippen molar-refractivity contribution in [3.05, 3.63) is 50.9 Å². The number of hydrogen-bond donors (Lipinski definition) is 2. The summed E-state index contributed by atoms with van der Waals surface area (Å²) in [7, 11) is 1.64. The summed E-state index contributed by atoms with van der Waals surface area (Å²) in [6.45, 7) is 0.678. The number of methoxy groups -OCH3 is 1. The minimum absolute atomic E-state index is 0.246. The smallest absolute Gasteiger partial charge is 0.133 e. The van der Waals surface area contributed by atoms with Crippen LogP contribution >= 0.6 is 31.9 Å². The number of hydrogen-bond acceptors (Lipinski definition) is 3. The molecule has 2 aromatic rings. The highest BCUT2D eigenvalue weighted by molar-refractivity contribution is 9.10. The molecule has 0 saturated heterocycles. The minimum Gasteiger partial charge on any atom is -0.507 e. The Morgan fingerprint density at radius 3 is 2.53 bits per heavy atom. The maximum Gasteiger partial charge on any atom is 0.133 e. The predicted molar refractivity (Wildman–Crippen MR) is 83.8 cm³/mol. The number of ether oxygens (including phenoxy) is 1. The third kappa shape index (κ3) is 3.64. The molecule has 0 spiro atoms. The van der Waals surface area contributed by atoms with Crippen LogP contribution in [0, 0.1) is 0 Å². The second kappa shape index (κ2) is 6.30.